The molecule has 0 unspecified atom stereocenters. The highest BCUT2D eigenvalue weighted by atomic mass is 16.5. The number of pyridine rings is 1. The molecule has 2 aliphatic heterocycles. The third kappa shape index (κ3) is 3.73. The van der Waals surface area contributed by atoms with E-state index in [0.29, 0.717) is 34.8 Å². The molecule has 0 bridgehead atoms. The molecule has 1 atom stereocenters. The molecule has 2 aliphatic rings. The molecule has 31 heavy (non-hydrogen) atoms. The second-order valence-corrected chi connectivity index (χ2v) is 8.38. The lowest BCUT2D eigenvalue weighted by atomic mass is 10.0. The van der Waals surface area contributed by atoms with Crippen LogP contribution in [-0.2, 0) is 4.79 Å². The number of carbonyl (C=O) groups is 3. The van der Waals surface area contributed by atoms with Crippen molar-refractivity contribution in [2.75, 3.05) is 18.9 Å². The van der Waals surface area contributed by atoms with Gasteiger partial charge in [0, 0.05) is 19.2 Å². The maximum Gasteiger partial charge on any atom is 0.268 e. The molecular formula is C23H26N4O4. The molecule has 8 heteroatoms. The number of rotatable bonds is 3. The average molecular weight is 422 g/mol. The number of fused-ring (bicyclic) bond motifs is 1. The van der Waals surface area contributed by atoms with Crippen molar-refractivity contribution in [1.82, 2.24) is 15.2 Å². The van der Waals surface area contributed by atoms with E-state index in [2.05, 4.69) is 15.6 Å². The molecule has 2 aromatic rings. The zero-order valence-corrected chi connectivity index (χ0v) is 18.1. The highest BCUT2D eigenvalue weighted by Crippen LogP contribution is 2.36. The molecule has 0 radical (unpaired) electrons. The number of likely N-dealkylation sites (tertiary alicyclic amines) is 1. The van der Waals surface area contributed by atoms with Crippen LogP contribution in [0.15, 0.2) is 30.3 Å². The molecule has 0 spiro atoms. The quantitative estimate of drug-likeness (QED) is 0.792. The normalized spacial score (nSPS) is 19.3. The summed E-state index contributed by atoms with van der Waals surface area (Å²) in [7, 11) is 1.58. The van der Waals surface area contributed by atoms with Crippen molar-refractivity contribution < 1.29 is 19.1 Å². The number of carbonyl (C=O) groups excluding carboxylic acids is 3. The van der Waals surface area contributed by atoms with E-state index < -0.39 is 5.60 Å². The van der Waals surface area contributed by atoms with Crippen LogP contribution in [0, 0.1) is 6.92 Å². The van der Waals surface area contributed by atoms with Crippen LogP contribution in [0.1, 0.15) is 64.8 Å². The summed E-state index contributed by atoms with van der Waals surface area (Å²) in [5.41, 5.74) is 1.95. The van der Waals surface area contributed by atoms with Crippen molar-refractivity contribution in [3.05, 3.63) is 52.8 Å². The zero-order chi connectivity index (χ0) is 22.3. The number of hydrogen-bond acceptors (Lipinski definition) is 5. The number of aromatic nitrogens is 1. The highest BCUT2D eigenvalue weighted by molar-refractivity contribution is 6.02. The van der Waals surface area contributed by atoms with E-state index >= 15 is 0 Å². The Labute approximate surface area is 181 Å². The number of aryl methyl sites for hydroxylation is 1. The third-order valence-electron chi connectivity index (χ3n) is 5.82. The van der Waals surface area contributed by atoms with Gasteiger partial charge in [-0.3, -0.25) is 19.4 Å². The molecule has 1 saturated heterocycles. The van der Waals surface area contributed by atoms with Crippen molar-refractivity contribution in [2.24, 2.45) is 0 Å². The minimum Gasteiger partial charge on any atom is -0.476 e. The summed E-state index contributed by atoms with van der Waals surface area (Å²) >= 11 is 0. The van der Waals surface area contributed by atoms with Gasteiger partial charge < -0.3 is 20.3 Å². The molecule has 1 aromatic heterocycles. The predicted octanol–water partition coefficient (Wildman–Crippen LogP) is 2.84. The Balaban J connectivity index is 1.59. The van der Waals surface area contributed by atoms with Crippen LogP contribution in [0.5, 0.6) is 5.75 Å². The molecule has 8 nitrogen and oxygen atoms in total. The van der Waals surface area contributed by atoms with Gasteiger partial charge in [0.05, 0.1) is 28.7 Å². The Bertz CT molecular complexity index is 1080. The van der Waals surface area contributed by atoms with Gasteiger partial charge in [-0.1, -0.05) is 0 Å². The van der Waals surface area contributed by atoms with Gasteiger partial charge in [-0.2, -0.15) is 0 Å². The van der Waals surface area contributed by atoms with E-state index in [1.165, 1.54) is 0 Å². The second-order valence-electron chi connectivity index (χ2n) is 8.38. The zero-order valence-electron chi connectivity index (χ0n) is 18.1. The molecule has 3 amide bonds. The van der Waals surface area contributed by atoms with Crippen molar-refractivity contribution in [2.45, 2.75) is 45.3 Å². The highest BCUT2D eigenvalue weighted by Gasteiger charge is 2.37. The van der Waals surface area contributed by atoms with Crippen LogP contribution in [-0.4, -0.2) is 46.8 Å². The number of nitrogens with zero attached hydrogens (tertiary/aromatic N) is 2. The summed E-state index contributed by atoms with van der Waals surface area (Å²) in [5.74, 6) is -0.0163. The number of ether oxygens (including phenoxy) is 1. The maximum absolute atomic E-state index is 13.3. The largest absolute Gasteiger partial charge is 0.476 e. The first-order chi connectivity index (χ1) is 14.7. The Hall–Kier alpha value is -3.42. The second kappa shape index (κ2) is 7.68. The fourth-order valence-corrected chi connectivity index (χ4v) is 4.07. The van der Waals surface area contributed by atoms with Crippen LogP contribution in [0.3, 0.4) is 0 Å². The van der Waals surface area contributed by atoms with Gasteiger partial charge in [0.1, 0.15) is 5.75 Å². The summed E-state index contributed by atoms with van der Waals surface area (Å²) in [6.07, 6.45) is 1.67. The minimum absolute atomic E-state index is 0.126. The molecular weight excluding hydrogens is 396 g/mol. The molecule has 0 saturated carbocycles. The molecule has 0 aliphatic carbocycles. The Kier molecular flexibility index (Phi) is 5.16. The van der Waals surface area contributed by atoms with Gasteiger partial charge in [0.25, 0.3) is 17.7 Å². The lowest BCUT2D eigenvalue weighted by Gasteiger charge is -2.32. The van der Waals surface area contributed by atoms with E-state index in [0.717, 1.165) is 18.5 Å². The van der Waals surface area contributed by atoms with Gasteiger partial charge in [0.15, 0.2) is 5.60 Å². The molecule has 2 N–H and O–H groups in total. The van der Waals surface area contributed by atoms with E-state index in [4.69, 9.17) is 4.74 Å². The first kappa shape index (κ1) is 20.8. The number of benzene rings is 1. The van der Waals surface area contributed by atoms with E-state index in [9.17, 15) is 14.4 Å². The standard InChI is InChI=1S/C23H26N4O4/c1-13-15(20(28)24-4)8-9-16(25-13)18-6-5-11-27(18)21(29)14-7-10-19-17(12-14)26-22(30)23(2,3)31-19/h7-10,12,18H,5-6,11H2,1-4H3,(H,24,28)(H,26,30)/t18-/m1/s1. The summed E-state index contributed by atoms with van der Waals surface area (Å²) < 4.78 is 5.76. The SMILES string of the molecule is CNC(=O)c1ccc([C@H]2CCCN2C(=O)c2ccc3c(c2)NC(=O)C(C)(C)O3)nc1C. The summed E-state index contributed by atoms with van der Waals surface area (Å²) in [6, 6.07) is 8.51. The van der Waals surface area contributed by atoms with Crippen LogP contribution in [0.25, 0.3) is 0 Å². The van der Waals surface area contributed by atoms with E-state index in [1.807, 2.05) is 6.07 Å². The molecule has 1 fully saturated rings. The van der Waals surface area contributed by atoms with Crippen molar-refractivity contribution in [1.29, 1.82) is 0 Å². The Morgan fingerprint density at radius 1 is 1.26 bits per heavy atom. The monoisotopic (exact) mass is 422 g/mol. The first-order valence-corrected chi connectivity index (χ1v) is 10.4. The molecule has 3 heterocycles. The van der Waals surface area contributed by atoms with Gasteiger partial charge in [-0.05, 0) is 63.9 Å². The van der Waals surface area contributed by atoms with Crippen molar-refractivity contribution in [3.63, 3.8) is 0 Å². The summed E-state index contributed by atoms with van der Waals surface area (Å²) in [6.45, 7) is 5.81. The minimum atomic E-state index is -0.955. The van der Waals surface area contributed by atoms with Crippen LogP contribution < -0.4 is 15.4 Å². The summed E-state index contributed by atoms with van der Waals surface area (Å²) in [4.78, 5) is 43.9. The van der Waals surface area contributed by atoms with Gasteiger partial charge >= 0.3 is 0 Å². The predicted molar refractivity (Wildman–Crippen MR) is 115 cm³/mol. The fraction of sp³-hybridized carbons (Fsp3) is 0.391. The Morgan fingerprint density at radius 3 is 2.74 bits per heavy atom. The summed E-state index contributed by atoms with van der Waals surface area (Å²) in [5, 5.41) is 5.43. The smallest absolute Gasteiger partial charge is 0.268 e. The number of amides is 3. The molecule has 4 rings (SSSR count). The number of hydrogen-bond donors (Lipinski definition) is 2. The lowest BCUT2D eigenvalue weighted by molar-refractivity contribution is -0.129. The average Bonchev–Trinajstić information content (AvgIpc) is 3.23. The van der Waals surface area contributed by atoms with Gasteiger partial charge in [-0.25, -0.2) is 0 Å². The van der Waals surface area contributed by atoms with Crippen molar-refractivity contribution >= 4 is 23.4 Å². The van der Waals surface area contributed by atoms with Gasteiger partial charge in [0.2, 0.25) is 0 Å². The van der Waals surface area contributed by atoms with E-state index in [-0.39, 0.29) is 23.8 Å². The lowest BCUT2D eigenvalue weighted by Crippen LogP contribution is -2.45. The number of nitrogens with one attached hydrogen (secondary N) is 2. The van der Waals surface area contributed by atoms with E-state index in [1.54, 1.807) is 57.0 Å². The fourth-order valence-electron chi connectivity index (χ4n) is 4.07. The molecule has 162 valence electrons. The van der Waals surface area contributed by atoms with Crippen LogP contribution in [0.4, 0.5) is 5.69 Å². The maximum atomic E-state index is 13.3. The number of anilines is 1. The third-order valence-corrected chi connectivity index (χ3v) is 5.82. The van der Waals surface area contributed by atoms with Crippen LogP contribution in [0.2, 0.25) is 0 Å². The first-order valence-electron chi connectivity index (χ1n) is 10.4. The van der Waals surface area contributed by atoms with Gasteiger partial charge in [-0.15, -0.1) is 0 Å². The van der Waals surface area contributed by atoms with Crippen LogP contribution >= 0.6 is 0 Å². The topological polar surface area (TPSA) is 101 Å². The molecule has 1 aromatic carbocycles. The Morgan fingerprint density at radius 2 is 2.03 bits per heavy atom. The van der Waals surface area contributed by atoms with Crippen molar-refractivity contribution in [3.8, 4) is 5.75 Å².